The summed E-state index contributed by atoms with van der Waals surface area (Å²) >= 11 is 0. The van der Waals surface area contributed by atoms with Gasteiger partial charge in [0.25, 0.3) is 0 Å². The zero-order valence-corrected chi connectivity index (χ0v) is 20.4. The van der Waals surface area contributed by atoms with E-state index >= 15 is 0 Å². The molecule has 4 nitrogen and oxygen atoms in total. The molecule has 2 saturated heterocycles. The summed E-state index contributed by atoms with van der Waals surface area (Å²) in [4.78, 5) is 7.85. The number of hydrogen-bond donors (Lipinski definition) is 0. The van der Waals surface area contributed by atoms with Crippen molar-refractivity contribution in [2.45, 2.75) is 71.6 Å². The van der Waals surface area contributed by atoms with Gasteiger partial charge >= 0.3 is 0 Å². The Kier molecular flexibility index (Phi) is 7.81. The summed E-state index contributed by atoms with van der Waals surface area (Å²) in [6.07, 6.45) is 9.46. The number of anilines is 2. The maximum atomic E-state index is 5.61. The number of ether oxygens (including phenoxy) is 1. The average molecular weight is 428 g/mol. The Labute approximate surface area is 190 Å². The number of rotatable bonds is 7. The van der Waals surface area contributed by atoms with Crippen LogP contribution in [-0.2, 0) is 4.74 Å². The van der Waals surface area contributed by atoms with Gasteiger partial charge in [-0.3, -0.25) is 4.90 Å². The number of nitrogens with zero attached hydrogens (tertiary/aromatic N) is 3. The molecule has 1 saturated carbocycles. The monoisotopic (exact) mass is 427 g/mol. The van der Waals surface area contributed by atoms with Crippen LogP contribution in [-0.4, -0.2) is 63.9 Å². The molecule has 0 amide bonds. The summed E-state index contributed by atoms with van der Waals surface area (Å²) in [6, 6.07) is 7.40. The largest absolute Gasteiger partial charge is 0.378 e. The van der Waals surface area contributed by atoms with Crippen molar-refractivity contribution in [2.24, 2.45) is 5.41 Å². The number of morpholine rings is 1. The average Bonchev–Trinajstić information content (AvgIpc) is 2.85. The van der Waals surface area contributed by atoms with Crippen molar-refractivity contribution in [2.75, 3.05) is 68.8 Å². The quantitative estimate of drug-likeness (QED) is 0.570. The van der Waals surface area contributed by atoms with Crippen LogP contribution in [0.3, 0.4) is 0 Å². The summed E-state index contributed by atoms with van der Waals surface area (Å²) in [5.41, 5.74) is 5.17. The van der Waals surface area contributed by atoms with Crippen LogP contribution in [0.2, 0.25) is 0 Å². The molecule has 2 aliphatic heterocycles. The van der Waals surface area contributed by atoms with Crippen molar-refractivity contribution in [3.05, 3.63) is 23.8 Å². The van der Waals surface area contributed by atoms with Crippen molar-refractivity contribution in [3.8, 4) is 0 Å². The van der Waals surface area contributed by atoms with E-state index in [0.717, 1.165) is 32.2 Å². The smallest absolute Gasteiger partial charge is 0.0642 e. The first-order valence-corrected chi connectivity index (χ1v) is 13.1. The van der Waals surface area contributed by atoms with Gasteiger partial charge in [-0.25, -0.2) is 0 Å². The van der Waals surface area contributed by atoms with Gasteiger partial charge in [0.2, 0.25) is 0 Å². The minimum atomic E-state index is 0.601. The summed E-state index contributed by atoms with van der Waals surface area (Å²) in [7, 11) is 0. The molecule has 3 fully saturated rings. The Balaban J connectivity index is 1.56. The van der Waals surface area contributed by atoms with E-state index < -0.39 is 0 Å². The van der Waals surface area contributed by atoms with E-state index in [2.05, 4.69) is 53.7 Å². The van der Waals surface area contributed by atoms with Gasteiger partial charge in [-0.2, -0.15) is 0 Å². The standard InChI is InChI=1S/C27H45N3O/c1-4-13-28-14-16-30(17-15-28)26-8-7-24(29-18-20-31-21-19-29)22-25(26)23-9-11-27(5-2,6-3)12-10-23/h7-8,22-23H,4-6,9-21H2,1-3H3. The molecule has 2 heterocycles. The first kappa shape index (κ1) is 22.9. The second-order valence-corrected chi connectivity index (χ2v) is 10.2. The number of benzene rings is 1. The molecule has 0 unspecified atom stereocenters. The molecular formula is C27H45N3O. The first-order chi connectivity index (χ1) is 15.2. The molecule has 0 radical (unpaired) electrons. The predicted molar refractivity (Wildman–Crippen MR) is 133 cm³/mol. The predicted octanol–water partition coefficient (Wildman–Crippen LogP) is 5.52. The molecule has 0 atom stereocenters. The Bertz CT molecular complexity index is 678. The van der Waals surface area contributed by atoms with Gasteiger partial charge in [0.15, 0.2) is 0 Å². The van der Waals surface area contributed by atoms with Crippen LogP contribution in [0.4, 0.5) is 11.4 Å². The fourth-order valence-electron chi connectivity index (χ4n) is 6.20. The van der Waals surface area contributed by atoms with Crippen LogP contribution in [0, 0.1) is 5.41 Å². The van der Waals surface area contributed by atoms with Crippen molar-refractivity contribution in [1.82, 2.24) is 4.90 Å². The molecule has 0 aromatic heterocycles. The van der Waals surface area contributed by atoms with E-state index in [-0.39, 0.29) is 0 Å². The Hall–Kier alpha value is -1.26. The second kappa shape index (κ2) is 10.6. The Morgan fingerprint density at radius 1 is 0.871 bits per heavy atom. The minimum Gasteiger partial charge on any atom is -0.378 e. The van der Waals surface area contributed by atoms with Crippen molar-refractivity contribution in [1.29, 1.82) is 0 Å². The number of piperazine rings is 1. The number of hydrogen-bond acceptors (Lipinski definition) is 4. The van der Waals surface area contributed by atoms with Crippen LogP contribution in [0.25, 0.3) is 0 Å². The van der Waals surface area contributed by atoms with Gasteiger partial charge in [0.1, 0.15) is 0 Å². The first-order valence-electron chi connectivity index (χ1n) is 13.1. The molecular weight excluding hydrogens is 382 g/mol. The highest BCUT2D eigenvalue weighted by molar-refractivity contribution is 5.63. The van der Waals surface area contributed by atoms with Crippen LogP contribution in [0.1, 0.15) is 77.2 Å². The normalized spacial score (nSPS) is 23.3. The molecule has 0 spiro atoms. The molecule has 4 rings (SSSR count). The lowest BCUT2D eigenvalue weighted by Gasteiger charge is -2.42. The highest BCUT2D eigenvalue weighted by Crippen LogP contribution is 2.49. The van der Waals surface area contributed by atoms with Gasteiger partial charge in [-0.1, -0.05) is 33.6 Å². The van der Waals surface area contributed by atoms with Gasteiger partial charge < -0.3 is 14.5 Å². The third-order valence-corrected chi connectivity index (χ3v) is 8.63. The zero-order valence-electron chi connectivity index (χ0n) is 20.4. The van der Waals surface area contributed by atoms with E-state index in [9.17, 15) is 0 Å². The van der Waals surface area contributed by atoms with Crippen molar-refractivity contribution in [3.63, 3.8) is 0 Å². The highest BCUT2D eigenvalue weighted by atomic mass is 16.5. The maximum Gasteiger partial charge on any atom is 0.0642 e. The van der Waals surface area contributed by atoms with E-state index in [4.69, 9.17) is 4.74 Å². The van der Waals surface area contributed by atoms with Gasteiger partial charge in [0.05, 0.1) is 13.2 Å². The van der Waals surface area contributed by atoms with E-state index in [0.29, 0.717) is 5.41 Å². The molecule has 3 aliphatic rings. The lowest BCUT2D eigenvalue weighted by molar-refractivity contribution is 0.122. The van der Waals surface area contributed by atoms with E-state index in [1.54, 1.807) is 5.56 Å². The topological polar surface area (TPSA) is 19.0 Å². The van der Waals surface area contributed by atoms with Gasteiger partial charge in [-0.15, -0.1) is 0 Å². The van der Waals surface area contributed by atoms with Crippen molar-refractivity contribution >= 4 is 11.4 Å². The molecule has 1 aromatic carbocycles. The lowest BCUT2D eigenvalue weighted by atomic mass is 9.66. The summed E-state index contributed by atoms with van der Waals surface area (Å²) < 4.78 is 5.61. The molecule has 0 bridgehead atoms. The zero-order chi connectivity index (χ0) is 21.7. The molecule has 0 N–H and O–H groups in total. The molecule has 1 aromatic rings. The molecule has 4 heteroatoms. The van der Waals surface area contributed by atoms with E-state index in [1.165, 1.54) is 89.0 Å². The van der Waals surface area contributed by atoms with Gasteiger partial charge in [0, 0.05) is 50.6 Å². The Morgan fingerprint density at radius 2 is 1.55 bits per heavy atom. The van der Waals surface area contributed by atoms with Crippen LogP contribution in [0.5, 0.6) is 0 Å². The van der Waals surface area contributed by atoms with Crippen LogP contribution < -0.4 is 9.80 Å². The maximum absolute atomic E-state index is 5.61. The second-order valence-electron chi connectivity index (χ2n) is 10.2. The summed E-state index contributed by atoms with van der Waals surface area (Å²) in [6.45, 7) is 16.9. The third-order valence-electron chi connectivity index (χ3n) is 8.63. The highest BCUT2D eigenvalue weighted by Gasteiger charge is 2.34. The fraction of sp³-hybridized carbons (Fsp3) is 0.778. The molecule has 174 valence electrons. The minimum absolute atomic E-state index is 0.601. The lowest BCUT2D eigenvalue weighted by Crippen LogP contribution is -2.47. The Morgan fingerprint density at radius 3 is 2.16 bits per heavy atom. The third kappa shape index (κ3) is 5.22. The molecule has 31 heavy (non-hydrogen) atoms. The van der Waals surface area contributed by atoms with Crippen LogP contribution >= 0.6 is 0 Å². The summed E-state index contributed by atoms with van der Waals surface area (Å²) in [5.74, 6) is 0.718. The fourth-order valence-corrected chi connectivity index (χ4v) is 6.20. The van der Waals surface area contributed by atoms with Crippen LogP contribution in [0.15, 0.2) is 18.2 Å². The molecule has 1 aliphatic carbocycles. The van der Waals surface area contributed by atoms with Gasteiger partial charge in [-0.05, 0) is 73.7 Å². The van der Waals surface area contributed by atoms with E-state index in [1.807, 2.05) is 0 Å². The SMILES string of the molecule is CCCN1CCN(c2ccc(N3CCOCC3)cc2C2CCC(CC)(CC)CC2)CC1. The summed E-state index contributed by atoms with van der Waals surface area (Å²) in [5, 5.41) is 0. The van der Waals surface area contributed by atoms with Crippen molar-refractivity contribution < 1.29 is 4.74 Å².